The van der Waals surface area contributed by atoms with Gasteiger partial charge in [-0.2, -0.15) is 4.98 Å². The van der Waals surface area contributed by atoms with Gasteiger partial charge in [0.15, 0.2) is 0 Å². The number of nitrogens with two attached hydrogens (primary N) is 1. The molecule has 0 aliphatic carbocycles. The molecule has 0 spiro atoms. The third-order valence-electron chi connectivity index (χ3n) is 1.75. The van der Waals surface area contributed by atoms with E-state index < -0.39 is 6.04 Å². The molecule has 0 amide bonds. The Morgan fingerprint density at radius 1 is 1.47 bits per heavy atom. The maximum atomic E-state index is 8.79. The maximum Gasteiger partial charge on any atom is 0.246 e. The van der Waals surface area contributed by atoms with Gasteiger partial charge in [-0.1, -0.05) is 5.16 Å². The molecule has 1 atom stereocenters. The highest BCUT2D eigenvalue weighted by Crippen LogP contribution is 2.13. The van der Waals surface area contributed by atoms with E-state index in [0.29, 0.717) is 11.5 Å². The number of hydrogen-bond acceptors (Lipinski definition) is 7. The molecule has 15 heavy (non-hydrogen) atoms. The molecule has 0 aliphatic rings. The van der Waals surface area contributed by atoms with Crippen LogP contribution in [-0.4, -0.2) is 31.8 Å². The highest BCUT2D eigenvalue weighted by atomic mass is 16.5. The van der Waals surface area contributed by atoms with Gasteiger partial charge in [0, 0.05) is 12.4 Å². The molecule has 2 aromatic rings. The van der Waals surface area contributed by atoms with E-state index in [-0.39, 0.29) is 12.5 Å². The normalized spacial score (nSPS) is 12.7. The molecule has 0 bridgehead atoms. The molecule has 0 radical (unpaired) electrons. The fourth-order valence-electron chi connectivity index (χ4n) is 0.983. The maximum absolute atomic E-state index is 8.79. The van der Waals surface area contributed by atoms with E-state index in [2.05, 4.69) is 20.1 Å². The van der Waals surface area contributed by atoms with Crippen LogP contribution in [0.5, 0.6) is 0 Å². The smallest absolute Gasteiger partial charge is 0.246 e. The minimum Gasteiger partial charge on any atom is -0.394 e. The summed E-state index contributed by atoms with van der Waals surface area (Å²) < 4.78 is 4.86. The fraction of sp³-hybridized carbons (Fsp3) is 0.250. The lowest BCUT2D eigenvalue weighted by atomic mass is 10.3. The summed E-state index contributed by atoms with van der Waals surface area (Å²) in [7, 11) is 0. The Kier molecular flexibility index (Phi) is 2.66. The second-order valence-corrected chi connectivity index (χ2v) is 2.84. The number of aromatic nitrogens is 4. The van der Waals surface area contributed by atoms with Gasteiger partial charge in [-0.3, -0.25) is 4.98 Å². The Balaban J connectivity index is 2.28. The van der Waals surface area contributed by atoms with Gasteiger partial charge in [-0.05, 0) is 0 Å². The first-order valence-corrected chi connectivity index (χ1v) is 4.27. The summed E-state index contributed by atoms with van der Waals surface area (Å²) in [4.78, 5) is 11.9. The zero-order chi connectivity index (χ0) is 10.7. The molecule has 0 fully saturated rings. The second kappa shape index (κ2) is 4.11. The summed E-state index contributed by atoms with van der Waals surface area (Å²) in [5.74, 6) is 0.486. The van der Waals surface area contributed by atoms with Crippen LogP contribution < -0.4 is 5.73 Å². The van der Waals surface area contributed by atoms with Crippen molar-refractivity contribution in [1.82, 2.24) is 20.1 Å². The van der Waals surface area contributed by atoms with Crippen LogP contribution in [0.4, 0.5) is 0 Å². The molecule has 0 saturated heterocycles. The molecule has 7 heteroatoms. The van der Waals surface area contributed by atoms with Gasteiger partial charge in [-0.15, -0.1) is 0 Å². The summed E-state index contributed by atoms with van der Waals surface area (Å²) in [6.07, 6.45) is 4.58. The van der Waals surface area contributed by atoms with E-state index in [1.165, 1.54) is 12.4 Å². The van der Waals surface area contributed by atoms with E-state index in [4.69, 9.17) is 15.4 Å². The molecule has 2 heterocycles. The summed E-state index contributed by atoms with van der Waals surface area (Å²) in [6, 6.07) is -0.664. The highest BCUT2D eigenvalue weighted by Gasteiger charge is 2.15. The van der Waals surface area contributed by atoms with Gasteiger partial charge < -0.3 is 15.4 Å². The van der Waals surface area contributed by atoms with E-state index in [9.17, 15) is 0 Å². The molecule has 2 aromatic heterocycles. The van der Waals surface area contributed by atoms with Crippen LogP contribution in [0.3, 0.4) is 0 Å². The summed E-state index contributed by atoms with van der Waals surface area (Å²) >= 11 is 0. The Bertz CT molecular complexity index is 430. The largest absolute Gasteiger partial charge is 0.394 e. The molecular formula is C8H9N5O2. The van der Waals surface area contributed by atoms with Crippen LogP contribution in [0.25, 0.3) is 11.5 Å². The van der Waals surface area contributed by atoms with Crippen molar-refractivity contribution in [2.75, 3.05) is 6.61 Å². The van der Waals surface area contributed by atoms with Crippen LogP contribution in [0.2, 0.25) is 0 Å². The standard InChI is InChI=1S/C8H9N5O2/c9-5(4-14)8-12-7(13-15-8)6-3-10-1-2-11-6/h1-3,5,14H,4,9H2/t5-/m0/s1. The monoisotopic (exact) mass is 207 g/mol. The predicted octanol–water partition coefficient (Wildman–Crippen LogP) is -0.481. The number of aliphatic hydroxyl groups excluding tert-OH is 1. The first kappa shape index (κ1) is 9.69. The highest BCUT2D eigenvalue weighted by molar-refractivity contribution is 5.45. The van der Waals surface area contributed by atoms with Gasteiger partial charge in [0.05, 0.1) is 12.8 Å². The predicted molar refractivity (Wildman–Crippen MR) is 49.3 cm³/mol. The average molecular weight is 207 g/mol. The first-order valence-electron chi connectivity index (χ1n) is 4.27. The van der Waals surface area contributed by atoms with Crippen LogP contribution in [-0.2, 0) is 0 Å². The molecule has 3 N–H and O–H groups in total. The minimum atomic E-state index is -0.664. The quantitative estimate of drug-likeness (QED) is 0.699. The zero-order valence-electron chi connectivity index (χ0n) is 7.74. The average Bonchev–Trinajstić information content (AvgIpc) is 2.78. The Labute approximate surface area is 85.0 Å². The summed E-state index contributed by atoms with van der Waals surface area (Å²) in [6.45, 7) is -0.248. The van der Waals surface area contributed by atoms with E-state index >= 15 is 0 Å². The van der Waals surface area contributed by atoms with Gasteiger partial charge in [0.1, 0.15) is 11.7 Å². The third kappa shape index (κ3) is 1.97. The molecule has 0 aliphatic heterocycles. The zero-order valence-corrected chi connectivity index (χ0v) is 7.74. The molecule has 0 unspecified atom stereocenters. The van der Waals surface area contributed by atoms with E-state index in [1.54, 1.807) is 6.20 Å². The van der Waals surface area contributed by atoms with Crippen LogP contribution in [0.15, 0.2) is 23.1 Å². The summed E-state index contributed by atoms with van der Waals surface area (Å²) in [5.41, 5.74) is 6.00. The van der Waals surface area contributed by atoms with Crippen molar-refractivity contribution in [2.45, 2.75) is 6.04 Å². The molecule has 0 aromatic carbocycles. The van der Waals surface area contributed by atoms with Crippen molar-refractivity contribution in [1.29, 1.82) is 0 Å². The lowest BCUT2D eigenvalue weighted by Crippen LogP contribution is -2.14. The van der Waals surface area contributed by atoms with Crippen LogP contribution >= 0.6 is 0 Å². The fourth-order valence-corrected chi connectivity index (χ4v) is 0.983. The molecular weight excluding hydrogens is 198 g/mol. The van der Waals surface area contributed by atoms with Gasteiger partial charge >= 0.3 is 0 Å². The van der Waals surface area contributed by atoms with Crippen molar-refractivity contribution >= 4 is 0 Å². The molecule has 7 nitrogen and oxygen atoms in total. The molecule has 2 rings (SSSR count). The first-order chi connectivity index (χ1) is 7.31. The third-order valence-corrected chi connectivity index (χ3v) is 1.75. The number of hydrogen-bond donors (Lipinski definition) is 2. The van der Waals surface area contributed by atoms with Crippen LogP contribution in [0, 0.1) is 0 Å². The van der Waals surface area contributed by atoms with Gasteiger partial charge in [0.25, 0.3) is 0 Å². The van der Waals surface area contributed by atoms with E-state index in [0.717, 1.165) is 0 Å². The van der Waals surface area contributed by atoms with Gasteiger partial charge in [-0.25, -0.2) is 4.98 Å². The lowest BCUT2D eigenvalue weighted by molar-refractivity contribution is 0.237. The lowest BCUT2D eigenvalue weighted by Gasteiger charge is -1.98. The number of nitrogens with zero attached hydrogens (tertiary/aromatic N) is 4. The number of rotatable bonds is 3. The molecule has 0 saturated carbocycles. The van der Waals surface area contributed by atoms with Crippen LogP contribution in [0.1, 0.15) is 11.9 Å². The van der Waals surface area contributed by atoms with Crippen molar-refractivity contribution in [3.05, 3.63) is 24.5 Å². The topological polar surface area (TPSA) is 111 Å². The Morgan fingerprint density at radius 2 is 2.33 bits per heavy atom. The summed E-state index contributed by atoms with van der Waals surface area (Å²) in [5, 5.41) is 12.5. The number of aliphatic hydroxyl groups is 1. The minimum absolute atomic E-state index is 0.179. The van der Waals surface area contributed by atoms with Crippen molar-refractivity contribution in [3.63, 3.8) is 0 Å². The Morgan fingerprint density at radius 3 is 3.00 bits per heavy atom. The SMILES string of the molecule is N[C@@H](CO)c1nc(-c2cnccn2)no1. The van der Waals surface area contributed by atoms with Crippen molar-refractivity contribution in [2.24, 2.45) is 5.73 Å². The van der Waals surface area contributed by atoms with Crippen molar-refractivity contribution in [3.8, 4) is 11.5 Å². The van der Waals surface area contributed by atoms with Gasteiger partial charge in [0.2, 0.25) is 11.7 Å². The Hall–Kier alpha value is -1.86. The second-order valence-electron chi connectivity index (χ2n) is 2.84. The molecule has 78 valence electrons. The van der Waals surface area contributed by atoms with Crippen molar-refractivity contribution < 1.29 is 9.63 Å². The van der Waals surface area contributed by atoms with E-state index in [1.807, 2.05) is 0 Å².